The van der Waals surface area contributed by atoms with Crippen LogP contribution in [0.3, 0.4) is 0 Å². The predicted molar refractivity (Wildman–Crippen MR) is 81.6 cm³/mol. The highest BCUT2D eigenvalue weighted by atomic mass is 16.2. The molecular formula is C18H17NO4. The molecule has 118 valence electrons. The molecule has 1 saturated heterocycles. The van der Waals surface area contributed by atoms with Crippen molar-refractivity contribution in [3.63, 3.8) is 0 Å². The zero-order chi connectivity index (χ0) is 16.5. The number of amides is 2. The Bertz CT molecular complexity index is 721. The van der Waals surface area contributed by atoms with Gasteiger partial charge >= 0.3 is 0 Å². The van der Waals surface area contributed by atoms with E-state index in [-0.39, 0.29) is 36.2 Å². The lowest BCUT2D eigenvalue weighted by Crippen LogP contribution is -2.51. The number of anilines is 1. The van der Waals surface area contributed by atoms with Gasteiger partial charge < -0.3 is 0 Å². The van der Waals surface area contributed by atoms with Gasteiger partial charge in [-0.15, -0.1) is 0 Å². The number of benzene rings is 1. The van der Waals surface area contributed by atoms with E-state index >= 15 is 0 Å². The van der Waals surface area contributed by atoms with E-state index in [0.29, 0.717) is 5.69 Å². The maximum atomic E-state index is 12.9. The Morgan fingerprint density at radius 1 is 0.783 bits per heavy atom. The number of hydrogen-bond acceptors (Lipinski definition) is 4. The van der Waals surface area contributed by atoms with Gasteiger partial charge in [-0.25, -0.2) is 4.90 Å². The SMILES string of the molecule is Cc1cc(C)cc(N2C(=O)[C@H]3[C@H](C2=O)[C@H]2CC(=O)[C@H]3CC2=O)c1. The smallest absolute Gasteiger partial charge is 0.238 e. The molecule has 0 aromatic heterocycles. The van der Waals surface area contributed by atoms with Gasteiger partial charge in [-0.2, -0.15) is 0 Å². The quantitative estimate of drug-likeness (QED) is 0.738. The first-order valence-electron chi connectivity index (χ1n) is 7.90. The van der Waals surface area contributed by atoms with E-state index in [9.17, 15) is 19.2 Å². The van der Waals surface area contributed by atoms with Crippen molar-refractivity contribution in [1.82, 2.24) is 0 Å². The molecule has 5 heteroatoms. The second-order valence-electron chi connectivity index (χ2n) is 6.96. The number of ketones is 2. The second-order valence-corrected chi connectivity index (χ2v) is 6.96. The lowest BCUT2D eigenvalue weighted by atomic mass is 9.58. The molecule has 5 rings (SSSR count). The fourth-order valence-electron chi connectivity index (χ4n) is 4.51. The molecule has 0 spiro atoms. The summed E-state index contributed by atoms with van der Waals surface area (Å²) in [6, 6.07) is 5.57. The maximum absolute atomic E-state index is 12.9. The Hall–Kier alpha value is -2.30. The van der Waals surface area contributed by atoms with Crippen LogP contribution in [0.15, 0.2) is 18.2 Å². The summed E-state index contributed by atoms with van der Waals surface area (Å²) < 4.78 is 0. The molecule has 1 aromatic carbocycles. The normalized spacial score (nSPS) is 32.7. The van der Waals surface area contributed by atoms with E-state index in [1.807, 2.05) is 19.9 Å². The first-order chi connectivity index (χ1) is 10.9. The van der Waals surface area contributed by atoms with Gasteiger partial charge in [0.1, 0.15) is 11.6 Å². The maximum Gasteiger partial charge on any atom is 0.238 e. The average molecular weight is 311 g/mol. The van der Waals surface area contributed by atoms with E-state index in [1.165, 1.54) is 4.90 Å². The third-order valence-corrected chi connectivity index (χ3v) is 5.40. The van der Waals surface area contributed by atoms with Crippen molar-refractivity contribution in [3.05, 3.63) is 29.3 Å². The van der Waals surface area contributed by atoms with Gasteiger partial charge in [-0.05, 0) is 37.1 Å². The molecule has 3 aliphatic carbocycles. The molecule has 4 aliphatic rings. The van der Waals surface area contributed by atoms with Crippen LogP contribution in [0.5, 0.6) is 0 Å². The minimum Gasteiger partial charge on any atom is -0.299 e. The number of fused-ring (bicyclic) bond motifs is 2. The molecule has 0 radical (unpaired) electrons. The van der Waals surface area contributed by atoms with E-state index in [2.05, 4.69) is 0 Å². The third kappa shape index (κ3) is 1.85. The number of imide groups is 1. The molecule has 23 heavy (non-hydrogen) atoms. The molecule has 4 fully saturated rings. The average Bonchev–Trinajstić information content (AvgIpc) is 2.72. The van der Waals surface area contributed by atoms with Crippen LogP contribution < -0.4 is 4.90 Å². The van der Waals surface area contributed by atoms with Gasteiger partial charge in [0.25, 0.3) is 0 Å². The summed E-state index contributed by atoms with van der Waals surface area (Å²) >= 11 is 0. The van der Waals surface area contributed by atoms with Crippen molar-refractivity contribution in [2.75, 3.05) is 4.90 Å². The van der Waals surface area contributed by atoms with E-state index in [1.54, 1.807) is 12.1 Å². The van der Waals surface area contributed by atoms with Crippen LogP contribution in [0.25, 0.3) is 0 Å². The van der Waals surface area contributed by atoms with Crippen LogP contribution >= 0.6 is 0 Å². The van der Waals surface area contributed by atoms with E-state index < -0.39 is 23.7 Å². The standard InChI is InChI=1S/C18H17NO4/c1-8-3-9(2)5-10(4-8)19-17(22)15-11-6-13(20)12(7-14(11)21)16(15)18(19)23/h3-5,11-12,15-16H,6-7H2,1-2H3/t11-,12+,15-,16-/m1/s1. The van der Waals surface area contributed by atoms with Gasteiger partial charge in [0, 0.05) is 24.7 Å². The van der Waals surface area contributed by atoms with E-state index in [4.69, 9.17) is 0 Å². The van der Waals surface area contributed by atoms with Gasteiger partial charge in [0.15, 0.2) is 0 Å². The van der Waals surface area contributed by atoms with E-state index in [0.717, 1.165) is 11.1 Å². The third-order valence-electron chi connectivity index (χ3n) is 5.40. The minimum atomic E-state index is -0.646. The summed E-state index contributed by atoms with van der Waals surface area (Å²) in [7, 11) is 0. The van der Waals surface area contributed by atoms with Crippen molar-refractivity contribution >= 4 is 29.1 Å². The summed E-state index contributed by atoms with van der Waals surface area (Å²) in [5, 5.41) is 0. The predicted octanol–water partition coefficient (Wildman–Crippen LogP) is 1.59. The van der Waals surface area contributed by atoms with Gasteiger partial charge in [-0.1, -0.05) is 6.07 Å². The summed E-state index contributed by atoms with van der Waals surface area (Å²) in [5.74, 6) is -3.23. The first-order valence-corrected chi connectivity index (χ1v) is 7.90. The summed E-state index contributed by atoms with van der Waals surface area (Å²) in [6.45, 7) is 3.82. The Balaban J connectivity index is 1.80. The number of rotatable bonds is 1. The number of carbonyl (C=O) groups is 4. The van der Waals surface area contributed by atoms with Crippen LogP contribution in [-0.2, 0) is 19.2 Å². The molecule has 3 saturated carbocycles. The number of aryl methyl sites for hydroxylation is 2. The highest BCUT2D eigenvalue weighted by Gasteiger charge is 2.63. The topological polar surface area (TPSA) is 71.5 Å². The molecular weight excluding hydrogens is 294 g/mol. The highest BCUT2D eigenvalue weighted by molar-refractivity contribution is 6.25. The molecule has 1 heterocycles. The molecule has 2 bridgehead atoms. The largest absolute Gasteiger partial charge is 0.299 e. The van der Waals surface area contributed by atoms with Gasteiger partial charge in [-0.3, -0.25) is 19.2 Å². The second kappa shape index (κ2) is 4.60. The first kappa shape index (κ1) is 14.3. The fourth-order valence-corrected chi connectivity index (χ4v) is 4.51. The zero-order valence-electron chi connectivity index (χ0n) is 13.0. The lowest BCUT2D eigenvalue weighted by molar-refractivity contribution is -0.153. The van der Waals surface area contributed by atoms with Crippen molar-refractivity contribution in [2.45, 2.75) is 26.7 Å². The van der Waals surface area contributed by atoms with Crippen molar-refractivity contribution in [3.8, 4) is 0 Å². The molecule has 1 aromatic rings. The Morgan fingerprint density at radius 3 is 1.65 bits per heavy atom. The lowest BCUT2D eigenvalue weighted by Gasteiger charge is -2.40. The van der Waals surface area contributed by atoms with Crippen LogP contribution in [-0.4, -0.2) is 23.4 Å². The zero-order valence-corrected chi connectivity index (χ0v) is 13.0. The van der Waals surface area contributed by atoms with Gasteiger partial charge in [0.2, 0.25) is 11.8 Å². The Labute approximate surface area is 133 Å². The van der Waals surface area contributed by atoms with Gasteiger partial charge in [0.05, 0.1) is 17.5 Å². The van der Waals surface area contributed by atoms with Crippen molar-refractivity contribution < 1.29 is 19.2 Å². The molecule has 2 amide bonds. The Kier molecular flexibility index (Phi) is 2.86. The number of carbonyl (C=O) groups excluding carboxylic acids is 4. The van der Waals surface area contributed by atoms with Crippen molar-refractivity contribution in [1.29, 1.82) is 0 Å². The molecule has 1 aliphatic heterocycles. The van der Waals surface area contributed by atoms with Crippen LogP contribution in [0.4, 0.5) is 5.69 Å². The highest BCUT2D eigenvalue weighted by Crippen LogP contribution is 2.50. The fraction of sp³-hybridized carbons (Fsp3) is 0.444. The number of hydrogen-bond donors (Lipinski definition) is 0. The molecule has 4 atom stereocenters. The summed E-state index contributed by atoms with van der Waals surface area (Å²) in [6.07, 6.45) is 0.231. The molecule has 0 N–H and O–H groups in total. The number of nitrogens with zero attached hydrogens (tertiary/aromatic N) is 1. The molecule has 5 nitrogen and oxygen atoms in total. The number of Topliss-reactive ketones (excluding diaryl/α,β-unsaturated/α-hetero) is 2. The van der Waals surface area contributed by atoms with Crippen LogP contribution in [0, 0.1) is 37.5 Å². The van der Waals surface area contributed by atoms with Crippen molar-refractivity contribution in [2.24, 2.45) is 23.7 Å². The Morgan fingerprint density at radius 2 is 1.22 bits per heavy atom. The minimum absolute atomic E-state index is 0.0423. The van der Waals surface area contributed by atoms with Crippen LogP contribution in [0.2, 0.25) is 0 Å². The van der Waals surface area contributed by atoms with Crippen LogP contribution in [0.1, 0.15) is 24.0 Å². The molecule has 0 unspecified atom stereocenters. The monoisotopic (exact) mass is 311 g/mol. The summed E-state index contributed by atoms with van der Waals surface area (Å²) in [4.78, 5) is 51.1. The summed E-state index contributed by atoms with van der Waals surface area (Å²) in [5.41, 5.74) is 2.47.